The molecule has 5 nitrogen and oxygen atoms in total. The third-order valence-electron chi connectivity index (χ3n) is 11.0. The second-order valence-corrected chi connectivity index (χ2v) is 16.0. The van der Waals surface area contributed by atoms with Crippen molar-refractivity contribution in [3.8, 4) is 16.9 Å². The molecular formula is C46H64O5S. The van der Waals surface area contributed by atoms with Gasteiger partial charge in [-0.05, 0) is 123 Å². The Hall–Kier alpha value is -3.09. The van der Waals surface area contributed by atoms with Crippen LogP contribution in [0, 0.1) is 11.8 Å². The Balaban J connectivity index is 0.000000234. The predicted molar refractivity (Wildman–Crippen MR) is 218 cm³/mol. The zero-order chi connectivity index (χ0) is 37.3. The van der Waals surface area contributed by atoms with E-state index in [1.807, 2.05) is 12.1 Å². The lowest BCUT2D eigenvalue weighted by molar-refractivity contribution is -0.143. The molecule has 52 heavy (non-hydrogen) atoms. The molecule has 2 aliphatic carbocycles. The average molecular weight is 729 g/mol. The highest BCUT2D eigenvalue weighted by Gasteiger charge is 2.25. The first-order chi connectivity index (χ1) is 25.1. The summed E-state index contributed by atoms with van der Waals surface area (Å²) in [5.41, 5.74) is 4.39. The molecule has 3 aromatic rings. The van der Waals surface area contributed by atoms with E-state index in [-0.39, 0.29) is 11.8 Å². The van der Waals surface area contributed by atoms with E-state index < -0.39 is 5.60 Å². The third kappa shape index (κ3) is 13.4. The molecule has 6 heteroatoms. The van der Waals surface area contributed by atoms with Crippen LogP contribution in [0.4, 0.5) is 0 Å². The average Bonchev–Trinajstić information content (AvgIpc) is 3.16. The van der Waals surface area contributed by atoms with Crippen LogP contribution >= 0.6 is 12.6 Å². The van der Waals surface area contributed by atoms with Crippen molar-refractivity contribution < 1.29 is 24.2 Å². The lowest BCUT2D eigenvalue weighted by Crippen LogP contribution is -2.30. The van der Waals surface area contributed by atoms with Crippen molar-refractivity contribution in [2.24, 2.45) is 11.8 Å². The molecule has 0 unspecified atom stereocenters. The van der Waals surface area contributed by atoms with Crippen LogP contribution in [0.5, 0.6) is 5.75 Å². The van der Waals surface area contributed by atoms with E-state index >= 15 is 0 Å². The minimum absolute atomic E-state index is 0.187. The number of hydrogen-bond donors (Lipinski definition) is 2. The van der Waals surface area contributed by atoms with Crippen LogP contribution in [-0.4, -0.2) is 41.4 Å². The number of thiol groups is 1. The van der Waals surface area contributed by atoms with Gasteiger partial charge in [0, 0.05) is 17.7 Å². The van der Waals surface area contributed by atoms with E-state index in [0.29, 0.717) is 49.2 Å². The molecule has 2 fully saturated rings. The summed E-state index contributed by atoms with van der Waals surface area (Å²) in [5.74, 6) is 4.30. The number of esters is 1. The molecule has 2 aliphatic rings. The summed E-state index contributed by atoms with van der Waals surface area (Å²) < 4.78 is 10.8. The summed E-state index contributed by atoms with van der Waals surface area (Å²) >= 11 is 4.01. The maximum Gasteiger partial charge on any atom is 0.306 e. The lowest BCUT2D eigenvalue weighted by Gasteiger charge is -2.28. The number of carbonyl (C=O) groups excluding carboxylic acids is 2. The fourth-order valence-corrected chi connectivity index (χ4v) is 8.12. The highest BCUT2D eigenvalue weighted by molar-refractivity contribution is 7.80. The van der Waals surface area contributed by atoms with Crippen LogP contribution in [0.15, 0.2) is 72.8 Å². The molecule has 0 atom stereocenters. The van der Waals surface area contributed by atoms with Crippen molar-refractivity contribution in [3.63, 3.8) is 0 Å². The Morgan fingerprint density at radius 3 is 1.60 bits per heavy atom. The Bertz CT molecular complexity index is 1460. The van der Waals surface area contributed by atoms with Gasteiger partial charge in [0.05, 0.1) is 19.6 Å². The fraction of sp³-hybridized carbons (Fsp3) is 0.565. The molecule has 0 bridgehead atoms. The summed E-state index contributed by atoms with van der Waals surface area (Å²) in [7, 11) is 0. The quantitative estimate of drug-likeness (QED) is 0.0665. The number of hydrogen-bond acceptors (Lipinski definition) is 6. The van der Waals surface area contributed by atoms with Gasteiger partial charge in [-0.3, -0.25) is 9.59 Å². The molecule has 0 amide bonds. The van der Waals surface area contributed by atoms with Crippen molar-refractivity contribution in [3.05, 3.63) is 89.5 Å². The van der Waals surface area contributed by atoms with Gasteiger partial charge in [0.2, 0.25) is 0 Å². The first kappa shape index (κ1) is 41.7. The molecule has 0 spiro atoms. The molecular weight excluding hydrogens is 665 g/mol. The van der Waals surface area contributed by atoms with Crippen LogP contribution in [-0.2, 0) is 9.53 Å². The maximum absolute atomic E-state index is 12.1. The molecule has 5 rings (SSSR count). The normalized spacial score (nSPS) is 20.3. The number of Topliss-reactive ketones (excluding diaryl/α,β-unsaturated/α-hetero) is 1. The zero-order valence-corrected chi connectivity index (χ0v) is 33.2. The second-order valence-electron chi connectivity index (χ2n) is 15.6. The summed E-state index contributed by atoms with van der Waals surface area (Å²) in [6, 6.07) is 25.0. The summed E-state index contributed by atoms with van der Waals surface area (Å²) in [5, 5.41) is 9.88. The van der Waals surface area contributed by atoms with E-state index in [1.165, 1.54) is 108 Å². The van der Waals surface area contributed by atoms with Gasteiger partial charge in [0.15, 0.2) is 5.78 Å². The van der Waals surface area contributed by atoms with Gasteiger partial charge in [0.25, 0.3) is 0 Å². The van der Waals surface area contributed by atoms with Gasteiger partial charge in [-0.2, -0.15) is 12.6 Å². The van der Waals surface area contributed by atoms with Gasteiger partial charge in [-0.25, -0.2) is 0 Å². The van der Waals surface area contributed by atoms with E-state index in [0.717, 1.165) is 23.1 Å². The molecule has 2 saturated carbocycles. The number of ether oxygens (including phenoxy) is 2. The van der Waals surface area contributed by atoms with E-state index in [1.54, 1.807) is 12.1 Å². The third-order valence-corrected chi connectivity index (χ3v) is 11.2. The van der Waals surface area contributed by atoms with Crippen molar-refractivity contribution in [2.45, 2.75) is 135 Å². The van der Waals surface area contributed by atoms with Crippen molar-refractivity contribution >= 4 is 24.4 Å². The molecule has 0 aromatic heterocycles. The van der Waals surface area contributed by atoms with E-state index in [9.17, 15) is 14.7 Å². The highest BCUT2D eigenvalue weighted by atomic mass is 32.1. The Kier molecular flexibility index (Phi) is 17.3. The Morgan fingerprint density at radius 2 is 1.15 bits per heavy atom. The minimum Gasteiger partial charge on any atom is -0.493 e. The highest BCUT2D eigenvalue weighted by Crippen LogP contribution is 2.39. The van der Waals surface area contributed by atoms with Crippen molar-refractivity contribution in [1.29, 1.82) is 0 Å². The van der Waals surface area contributed by atoms with Gasteiger partial charge in [0.1, 0.15) is 11.4 Å². The smallest absolute Gasteiger partial charge is 0.306 e. The first-order valence-corrected chi connectivity index (χ1v) is 20.7. The maximum atomic E-state index is 12.1. The summed E-state index contributed by atoms with van der Waals surface area (Å²) in [6.07, 6.45) is 17.3. The SMILES string of the molecule is CCCC1CCC(c2ccc(-c3ccc(C(=O)C(C)(C)O)cc3)cc2)CC1.CCCC1CCC(c2ccc(OCCCOC(=O)CCS)cc2)CC1. The van der Waals surface area contributed by atoms with Crippen LogP contribution < -0.4 is 4.74 Å². The second kappa shape index (κ2) is 21.6. The minimum atomic E-state index is -1.33. The summed E-state index contributed by atoms with van der Waals surface area (Å²) in [6.45, 7) is 8.60. The molecule has 0 heterocycles. The molecule has 3 aromatic carbocycles. The lowest BCUT2D eigenvalue weighted by atomic mass is 9.77. The van der Waals surface area contributed by atoms with Gasteiger partial charge < -0.3 is 14.6 Å². The molecule has 0 radical (unpaired) electrons. The first-order valence-electron chi connectivity index (χ1n) is 20.1. The van der Waals surface area contributed by atoms with Crippen molar-refractivity contribution in [1.82, 2.24) is 0 Å². The number of carbonyl (C=O) groups is 2. The number of benzene rings is 3. The van der Waals surface area contributed by atoms with Crippen LogP contribution in [0.2, 0.25) is 0 Å². The predicted octanol–water partition coefficient (Wildman–Crippen LogP) is 11.8. The number of rotatable bonds is 16. The van der Waals surface area contributed by atoms with E-state index in [2.05, 4.69) is 75.0 Å². The molecule has 0 saturated heterocycles. The Morgan fingerprint density at radius 1 is 0.692 bits per heavy atom. The monoisotopic (exact) mass is 728 g/mol. The number of aliphatic hydroxyl groups is 1. The Labute approximate surface area is 319 Å². The number of ketones is 1. The van der Waals surface area contributed by atoms with Crippen LogP contribution in [0.1, 0.15) is 151 Å². The zero-order valence-electron chi connectivity index (χ0n) is 32.3. The standard InChI is InChI=1S/C25H32O2.C21H32O3S/c1-4-5-18-6-8-19(9-7-18)20-10-12-21(13-11-20)22-14-16-23(17-15-22)24(26)25(2,3)27;1-2-4-17-5-7-18(8-6-17)19-9-11-20(12-10-19)23-14-3-15-24-21(22)13-16-25/h10-19,27H,4-9H2,1-3H3;9-12,17-18,25H,2-8,13-16H2,1H3. The topological polar surface area (TPSA) is 72.8 Å². The van der Waals surface area contributed by atoms with E-state index in [4.69, 9.17) is 9.47 Å². The van der Waals surface area contributed by atoms with Crippen LogP contribution in [0.25, 0.3) is 11.1 Å². The molecule has 0 aliphatic heterocycles. The largest absolute Gasteiger partial charge is 0.493 e. The van der Waals surface area contributed by atoms with Gasteiger partial charge in [-0.1, -0.05) is 100 Å². The van der Waals surface area contributed by atoms with Crippen molar-refractivity contribution in [2.75, 3.05) is 19.0 Å². The van der Waals surface area contributed by atoms with Crippen LogP contribution in [0.3, 0.4) is 0 Å². The van der Waals surface area contributed by atoms with Gasteiger partial charge >= 0.3 is 5.97 Å². The molecule has 284 valence electrons. The molecule has 1 N–H and O–H groups in total. The summed E-state index contributed by atoms with van der Waals surface area (Å²) in [4.78, 5) is 23.4. The van der Waals surface area contributed by atoms with Gasteiger partial charge in [-0.15, -0.1) is 0 Å². The fourth-order valence-electron chi connectivity index (χ4n) is 7.94.